The highest BCUT2D eigenvalue weighted by Crippen LogP contribution is 2.43. The minimum Gasteiger partial charge on any atom is -0.387 e. The van der Waals surface area contributed by atoms with Gasteiger partial charge in [-0.1, -0.05) is 19.3 Å². The molecule has 1 unspecified atom stereocenters. The molecule has 6 heteroatoms. The average Bonchev–Trinajstić information content (AvgIpc) is 3.09. The number of aliphatic hydroxyl groups is 1. The third kappa shape index (κ3) is 4.23. The van der Waals surface area contributed by atoms with Gasteiger partial charge in [0.2, 0.25) is 0 Å². The Morgan fingerprint density at radius 2 is 2.00 bits per heavy atom. The summed E-state index contributed by atoms with van der Waals surface area (Å²) in [4.78, 5) is 6.87. The Balaban J connectivity index is 0.00000176. The lowest BCUT2D eigenvalue weighted by molar-refractivity contribution is 0.0717. The van der Waals surface area contributed by atoms with Crippen LogP contribution in [0.3, 0.4) is 0 Å². The summed E-state index contributed by atoms with van der Waals surface area (Å²) in [6.07, 6.45) is 9.20. The molecule has 3 aliphatic rings. The molecule has 2 saturated heterocycles. The van der Waals surface area contributed by atoms with E-state index in [1.54, 1.807) is 0 Å². The van der Waals surface area contributed by atoms with E-state index in [0.29, 0.717) is 12.0 Å². The Bertz CT molecular complexity index is 393. The highest BCUT2D eigenvalue weighted by atomic mass is 127. The minimum atomic E-state index is -0.539. The second kappa shape index (κ2) is 7.92. The third-order valence-corrected chi connectivity index (χ3v) is 6.76. The van der Waals surface area contributed by atoms with Crippen LogP contribution in [-0.4, -0.2) is 59.8 Å². The van der Waals surface area contributed by atoms with Crippen LogP contribution in [-0.2, 0) is 0 Å². The molecule has 4 nitrogen and oxygen atoms in total. The quantitative estimate of drug-likeness (QED) is 0.395. The number of hydrogen-bond donors (Lipinski definition) is 2. The van der Waals surface area contributed by atoms with Crippen molar-refractivity contribution in [3.8, 4) is 0 Å². The Morgan fingerprint density at radius 1 is 1.23 bits per heavy atom. The zero-order valence-corrected chi connectivity index (χ0v) is 16.8. The summed E-state index contributed by atoms with van der Waals surface area (Å²) in [6.45, 7) is 2.91. The summed E-state index contributed by atoms with van der Waals surface area (Å²) in [5.74, 6) is 2.91. The number of nitrogens with one attached hydrogen (secondary N) is 1. The number of thioether (sulfide) groups is 1. The van der Waals surface area contributed by atoms with Gasteiger partial charge in [0.25, 0.3) is 0 Å². The van der Waals surface area contributed by atoms with Crippen molar-refractivity contribution < 1.29 is 5.11 Å². The Kier molecular flexibility index (Phi) is 6.71. The lowest BCUT2D eigenvalue weighted by atomic mass is 9.73. The molecule has 1 atom stereocenters. The van der Waals surface area contributed by atoms with Gasteiger partial charge >= 0.3 is 0 Å². The van der Waals surface area contributed by atoms with Gasteiger partial charge in [0.15, 0.2) is 5.96 Å². The number of hydrogen-bond acceptors (Lipinski definition) is 3. The fourth-order valence-corrected chi connectivity index (χ4v) is 5.43. The van der Waals surface area contributed by atoms with E-state index >= 15 is 0 Å². The first-order chi connectivity index (χ1) is 10.1. The molecule has 0 radical (unpaired) electrons. The maximum atomic E-state index is 10.5. The average molecular weight is 439 g/mol. The van der Waals surface area contributed by atoms with E-state index in [4.69, 9.17) is 0 Å². The first kappa shape index (κ1) is 18.6. The van der Waals surface area contributed by atoms with Gasteiger partial charge in [-0.05, 0) is 36.9 Å². The molecule has 1 spiro atoms. The van der Waals surface area contributed by atoms with Gasteiger partial charge in [-0.2, -0.15) is 11.8 Å². The standard InChI is InChI=1S/C16H29N3OS.HI/c1-17-14(18-11-16(20)8-10-21-13-16)19-9-7-15(12-19)5-3-2-4-6-15;/h20H,2-13H2,1H3,(H,17,18);1H. The smallest absolute Gasteiger partial charge is 0.193 e. The summed E-state index contributed by atoms with van der Waals surface area (Å²) in [6, 6.07) is 0. The summed E-state index contributed by atoms with van der Waals surface area (Å²) >= 11 is 1.85. The number of likely N-dealkylation sites (tertiary alicyclic amines) is 1. The summed E-state index contributed by atoms with van der Waals surface area (Å²) in [5.41, 5.74) is 0.0127. The maximum Gasteiger partial charge on any atom is 0.193 e. The number of guanidine groups is 1. The van der Waals surface area contributed by atoms with Gasteiger partial charge in [0, 0.05) is 32.4 Å². The van der Waals surface area contributed by atoms with Gasteiger partial charge in [-0.15, -0.1) is 24.0 Å². The van der Waals surface area contributed by atoms with E-state index in [2.05, 4.69) is 15.2 Å². The van der Waals surface area contributed by atoms with Crippen molar-refractivity contribution in [2.45, 2.75) is 50.5 Å². The number of rotatable bonds is 2. The SMILES string of the molecule is CN=C(NCC1(O)CCSC1)N1CCC2(CCCCC2)C1.I. The van der Waals surface area contributed by atoms with Crippen LogP contribution in [0.15, 0.2) is 4.99 Å². The summed E-state index contributed by atoms with van der Waals surface area (Å²) in [7, 11) is 1.86. The molecule has 0 aromatic heterocycles. The predicted octanol–water partition coefficient (Wildman–Crippen LogP) is 2.70. The topological polar surface area (TPSA) is 47.9 Å². The molecule has 128 valence electrons. The fourth-order valence-electron chi connectivity index (χ4n) is 4.14. The molecule has 0 aromatic carbocycles. The van der Waals surface area contributed by atoms with Crippen LogP contribution in [0.2, 0.25) is 0 Å². The predicted molar refractivity (Wildman–Crippen MR) is 105 cm³/mol. The highest BCUT2D eigenvalue weighted by Gasteiger charge is 2.40. The van der Waals surface area contributed by atoms with E-state index in [1.165, 1.54) is 38.5 Å². The molecule has 1 saturated carbocycles. The Hall–Kier alpha value is 0.310. The summed E-state index contributed by atoms with van der Waals surface area (Å²) < 4.78 is 0. The molecule has 2 aliphatic heterocycles. The van der Waals surface area contributed by atoms with Gasteiger partial charge in [-0.3, -0.25) is 4.99 Å². The molecule has 22 heavy (non-hydrogen) atoms. The van der Waals surface area contributed by atoms with Crippen molar-refractivity contribution in [2.75, 3.05) is 38.2 Å². The van der Waals surface area contributed by atoms with Gasteiger partial charge in [0.05, 0.1) is 5.60 Å². The Labute approximate surface area is 155 Å². The van der Waals surface area contributed by atoms with Crippen LogP contribution in [0.5, 0.6) is 0 Å². The van der Waals surface area contributed by atoms with Crippen molar-refractivity contribution in [1.29, 1.82) is 0 Å². The van der Waals surface area contributed by atoms with Crippen molar-refractivity contribution >= 4 is 41.7 Å². The first-order valence-corrected chi connectivity index (χ1v) is 9.56. The van der Waals surface area contributed by atoms with Crippen LogP contribution in [0.1, 0.15) is 44.9 Å². The Morgan fingerprint density at radius 3 is 2.64 bits per heavy atom. The molecule has 0 amide bonds. The number of halogens is 1. The van der Waals surface area contributed by atoms with Crippen LogP contribution in [0, 0.1) is 5.41 Å². The maximum absolute atomic E-state index is 10.5. The molecule has 3 fully saturated rings. The van der Waals surface area contributed by atoms with Gasteiger partial charge in [-0.25, -0.2) is 0 Å². The van der Waals surface area contributed by atoms with Crippen molar-refractivity contribution in [3.63, 3.8) is 0 Å². The zero-order valence-electron chi connectivity index (χ0n) is 13.6. The van der Waals surface area contributed by atoms with Crippen LogP contribution in [0.25, 0.3) is 0 Å². The number of aliphatic imine (C=N–C) groups is 1. The van der Waals surface area contributed by atoms with Crippen molar-refractivity contribution in [3.05, 3.63) is 0 Å². The van der Waals surface area contributed by atoms with E-state index in [9.17, 15) is 5.11 Å². The van der Waals surface area contributed by atoms with E-state index in [1.807, 2.05) is 18.8 Å². The van der Waals surface area contributed by atoms with E-state index in [-0.39, 0.29) is 24.0 Å². The second-order valence-electron chi connectivity index (χ2n) is 7.16. The van der Waals surface area contributed by atoms with Crippen LogP contribution in [0.4, 0.5) is 0 Å². The molecule has 2 heterocycles. The molecule has 1 aliphatic carbocycles. The first-order valence-electron chi connectivity index (χ1n) is 8.41. The molecular formula is C16H30IN3OS. The lowest BCUT2D eigenvalue weighted by Crippen LogP contribution is -2.48. The number of nitrogens with zero attached hydrogens (tertiary/aromatic N) is 2. The van der Waals surface area contributed by atoms with Crippen molar-refractivity contribution in [1.82, 2.24) is 10.2 Å². The molecular weight excluding hydrogens is 409 g/mol. The van der Waals surface area contributed by atoms with Gasteiger partial charge < -0.3 is 15.3 Å². The molecule has 3 rings (SSSR count). The lowest BCUT2D eigenvalue weighted by Gasteiger charge is -2.34. The minimum absolute atomic E-state index is 0. The van der Waals surface area contributed by atoms with Crippen LogP contribution >= 0.6 is 35.7 Å². The van der Waals surface area contributed by atoms with Crippen LogP contribution < -0.4 is 5.32 Å². The van der Waals surface area contributed by atoms with E-state index < -0.39 is 5.60 Å². The summed E-state index contributed by atoms with van der Waals surface area (Å²) in [5, 5.41) is 13.9. The monoisotopic (exact) mass is 439 g/mol. The zero-order chi connectivity index (χ0) is 14.8. The highest BCUT2D eigenvalue weighted by molar-refractivity contribution is 14.0. The largest absolute Gasteiger partial charge is 0.387 e. The molecule has 0 bridgehead atoms. The molecule has 0 aromatic rings. The molecule has 2 N–H and O–H groups in total. The fraction of sp³-hybridized carbons (Fsp3) is 0.938. The normalized spacial score (nSPS) is 31.4. The third-order valence-electron chi connectivity index (χ3n) is 5.52. The van der Waals surface area contributed by atoms with Gasteiger partial charge in [0.1, 0.15) is 0 Å². The second-order valence-corrected chi connectivity index (χ2v) is 8.27. The van der Waals surface area contributed by atoms with E-state index in [0.717, 1.165) is 37.0 Å². The van der Waals surface area contributed by atoms with Crippen molar-refractivity contribution in [2.24, 2.45) is 10.4 Å².